The smallest absolute Gasteiger partial charge is 0.226 e. The molecule has 1 aliphatic rings. The van der Waals surface area contributed by atoms with Crippen molar-refractivity contribution in [2.75, 3.05) is 11.9 Å². The van der Waals surface area contributed by atoms with E-state index in [9.17, 15) is 4.79 Å². The minimum Gasteiger partial charge on any atom is -0.352 e. The molecule has 5 aromatic rings. The van der Waals surface area contributed by atoms with Crippen molar-refractivity contribution in [3.05, 3.63) is 121 Å². The van der Waals surface area contributed by atoms with Gasteiger partial charge in [-0.15, -0.1) is 0 Å². The van der Waals surface area contributed by atoms with Gasteiger partial charge in [-0.1, -0.05) is 42.5 Å². The van der Waals surface area contributed by atoms with E-state index in [1.807, 2.05) is 91.3 Å². The zero-order valence-corrected chi connectivity index (χ0v) is 21.4. The van der Waals surface area contributed by atoms with Gasteiger partial charge < -0.3 is 20.1 Å². The lowest BCUT2D eigenvalue weighted by atomic mass is 10.0. The number of hydrogen-bond acceptors (Lipinski definition) is 4. The third-order valence-electron chi connectivity index (χ3n) is 6.85. The molecule has 1 amide bonds. The van der Waals surface area contributed by atoms with Gasteiger partial charge in [-0.3, -0.25) is 14.8 Å². The second-order valence-electron chi connectivity index (χ2n) is 9.16. The molecule has 4 heterocycles. The molecule has 7 nitrogen and oxygen atoms in total. The number of rotatable bonds is 7. The van der Waals surface area contributed by atoms with E-state index < -0.39 is 0 Å². The topological polar surface area (TPSA) is 75.1 Å². The molecule has 38 heavy (non-hydrogen) atoms. The Bertz CT molecular complexity index is 1580. The fourth-order valence-corrected chi connectivity index (χ4v) is 5.44. The lowest BCUT2D eigenvalue weighted by Crippen LogP contribution is -2.33. The van der Waals surface area contributed by atoms with Crippen LogP contribution in [0.25, 0.3) is 16.5 Å². The van der Waals surface area contributed by atoms with Gasteiger partial charge in [0.1, 0.15) is 0 Å². The molecule has 2 atom stereocenters. The van der Waals surface area contributed by atoms with Crippen molar-refractivity contribution in [1.82, 2.24) is 24.8 Å². The molecule has 0 aliphatic carbocycles. The number of carbonyl (C=O) groups excluding carboxylic acids is 1. The first-order valence-corrected chi connectivity index (χ1v) is 12.9. The molecule has 2 N–H and O–H groups in total. The largest absolute Gasteiger partial charge is 0.352 e. The maximum absolute atomic E-state index is 13.1. The lowest BCUT2D eigenvalue weighted by molar-refractivity contribution is -0.116. The van der Waals surface area contributed by atoms with Crippen LogP contribution in [0.2, 0.25) is 0 Å². The number of benzene rings is 2. The third-order valence-corrected chi connectivity index (χ3v) is 7.20. The normalized spacial score (nSPS) is 16.9. The van der Waals surface area contributed by atoms with Crippen molar-refractivity contribution < 1.29 is 4.79 Å². The molecule has 0 radical (unpaired) electrons. The molecular weight excluding hydrogens is 492 g/mol. The Morgan fingerprint density at radius 3 is 2.66 bits per heavy atom. The SMILES string of the molecule is O=C(CCN1C(=S)N[C@H](c2ccccn2)[C@H]1c1cccn1-c1cccnc1)Nc1cccc2ccccc12. The van der Waals surface area contributed by atoms with Crippen molar-refractivity contribution in [3.8, 4) is 5.69 Å². The van der Waals surface area contributed by atoms with E-state index in [0.29, 0.717) is 11.7 Å². The van der Waals surface area contributed by atoms with Gasteiger partial charge in [0.15, 0.2) is 5.11 Å². The Morgan fingerprint density at radius 1 is 0.947 bits per heavy atom. The number of nitrogens with zero attached hydrogens (tertiary/aromatic N) is 4. The molecule has 1 saturated heterocycles. The Kier molecular flexibility index (Phi) is 6.54. The van der Waals surface area contributed by atoms with Crippen LogP contribution < -0.4 is 10.6 Å². The molecule has 1 fully saturated rings. The van der Waals surface area contributed by atoms with Gasteiger partial charge in [0, 0.05) is 48.3 Å². The minimum atomic E-state index is -0.171. The monoisotopic (exact) mass is 518 g/mol. The van der Waals surface area contributed by atoms with Crippen LogP contribution in [-0.2, 0) is 4.79 Å². The van der Waals surface area contributed by atoms with Crippen LogP contribution in [0.1, 0.15) is 29.9 Å². The molecule has 8 heteroatoms. The first-order valence-electron chi connectivity index (χ1n) is 12.5. The molecule has 6 rings (SSSR count). The quantitative estimate of drug-likeness (QED) is 0.280. The average molecular weight is 519 g/mol. The molecule has 0 bridgehead atoms. The summed E-state index contributed by atoms with van der Waals surface area (Å²) in [4.78, 5) is 24.1. The zero-order valence-electron chi connectivity index (χ0n) is 20.6. The van der Waals surface area contributed by atoms with Crippen LogP contribution in [0.15, 0.2) is 110 Å². The first kappa shape index (κ1) is 23.8. The number of thiocarbonyl (C=S) groups is 1. The molecule has 1 aliphatic heterocycles. The van der Waals surface area contributed by atoms with Crippen LogP contribution in [0.3, 0.4) is 0 Å². The summed E-state index contributed by atoms with van der Waals surface area (Å²) in [5, 5.41) is 9.27. The number of pyridine rings is 2. The van der Waals surface area contributed by atoms with Crippen LogP contribution in [0, 0.1) is 0 Å². The summed E-state index contributed by atoms with van der Waals surface area (Å²) in [6.07, 6.45) is 7.69. The Morgan fingerprint density at radius 2 is 1.82 bits per heavy atom. The Labute approximate surface area is 226 Å². The number of hydrogen-bond donors (Lipinski definition) is 2. The van der Waals surface area contributed by atoms with E-state index in [2.05, 4.69) is 36.1 Å². The summed E-state index contributed by atoms with van der Waals surface area (Å²) in [5.74, 6) is -0.0631. The fourth-order valence-electron chi connectivity index (χ4n) is 5.10. The number of carbonyl (C=O) groups is 1. The second kappa shape index (κ2) is 10.4. The maximum Gasteiger partial charge on any atom is 0.226 e. The van der Waals surface area contributed by atoms with E-state index in [4.69, 9.17) is 12.2 Å². The van der Waals surface area contributed by atoms with Crippen LogP contribution in [0.5, 0.6) is 0 Å². The summed E-state index contributed by atoms with van der Waals surface area (Å²) < 4.78 is 2.12. The molecule has 0 spiro atoms. The predicted octanol–water partition coefficient (Wildman–Crippen LogP) is 5.42. The minimum absolute atomic E-state index is 0.0631. The number of fused-ring (bicyclic) bond motifs is 1. The van der Waals surface area contributed by atoms with Gasteiger partial charge >= 0.3 is 0 Å². The summed E-state index contributed by atoms with van der Waals surface area (Å²) in [6, 6.07) is 27.6. The average Bonchev–Trinajstić information content (AvgIpc) is 3.57. The summed E-state index contributed by atoms with van der Waals surface area (Å²) in [7, 11) is 0. The van der Waals surface area contributed by atoms with Crippen LogP contribution in [0.4, 0.5) is 5.69 Å². The van der Waals surface area contributed by atoms with E-state index in [-0.39, 0.29) is 24.4 Å². The van der Waals surface area contributed by atoms with E-state index in [1.54, 1.807) is 12.4 Å². The number of nitrogens with one attached hydrogen (secondary N) is 2. The van der Waals surface area contributed by atoms with Gasteiger partial charge in [-0.25, -0.2) is 0 Å². The van der Waals surface area contributed by atoms with Crippen LogP contribution >= 0.6 is 12.2 Å². The Balaban J connectivity index is 1.28. The van der Waals surface area contributed by atoms with Crippen molar-refractivity contribution in [3.63, 3.8) is 0 Å². The molecule has 188 valence electrons. The zero-order chi connectivity index (χ0) is 25.9. The highest BCUT2D eigenvalue weighted by atomic mass is 32.1. The lowest BCUT2D eigenvalue weighted by Gasteiger charge is -2.28. The number of anilines is 1. The van der Waals surface area contributed by atoms with Crippen LogP contribution in [-0.4, -0.2) is 37.0 Å². The van der Waals surface area contributed by atoms with Crippen molar-refractivity contribution in [1.29, 1.82) is 0 Å². The molecule has 0 saturated carbocycles. The summed E-state index contributed by atoms with van der Waals surface area (Å²) >= 11 is 5.81. The number of aromatic nitrogens is 3. The third kappa shape index (κ3) is 4.62. The van der Waals surface area contributed by atoms with E-state index in [0.717, 1.165) is 33.5 Å². The fraction of sp³-hybridized carbons (Fsp3) is 0.133. The predicted molar refractivity (Wildman–Crippen MR) is 153 cm³/mol. The molecule has 3 aromatic heterocycles. The molecular formula is C30H26N6OS. The second-order valence-corrected chi connectivity index (χ2v) is 9.55. The Hall–Kier alpha value is -4.56. The van der Waals surface area contributed by atoms with Crippen molar-refractivity contribution >= 4 is 39.7 Å². The van der Waals surface area contributed by atoms with Gasteiger partial charge in [0.05, 0.1) is 29.7 Å². The standard InChI is InChI=1S/C30H26N6OS/c37-27(33-24-13-5-9-21-8-1-2-11-23(21)24)15-19-36-29(28(34-30(36)38)25-12-3-4-17-32-25)26-14-7-18-35(26)22-10-6-16-31-20-22/h1-14,16-18,20,28-29H,15,19H2,(H,33,37)(H,34,38)/t28-,29-/m1/s1. The van der Waals surface area contributed by atoms with E-state index >= 15 is 0 Å². The number of amides is 1. The first-order chi connectivity index (χ1) is 18.7. The van der Waals surface area contributed by atoms with Gasteiger partial charge in [0.2, 0.25) is 5.91 Å². The highest BCUT2D eigenvalue weighted by molar-refractivity contribution is 7.80. The van der Waals surface area contributed by atoms with Gasteiger partial charge in [-0.05, 0) is 60.1 Å². The van der Waals surface area contributed by atoms with Gasteiger partial charge in [-0.2, -0.15) is 0 Å². The molecule has 0 unspecified atom stereocenters. The summed E-state index contributed by atoms with van der Waals surface area (Å²) in [5.41, 5.74) is 3.69. The molecule has 2 aromatic carbocycles. The maximum atomic E-state index is 13.1. The van der Waals surface area contributed by atoms with Crippen molar-refractivity contribution in [2.45, 2.75) is 18.5 Å². The summed E-state index contributed by atoms with van der Waals surface area (Å²) in [6.45, 7) is 0.453. The van der Waals surface area contributed by atoms with E-state index in [1.165, 1.54) is 0 Å². The van der Waals surface area contributed by atoms with Gasteiger partial charge in [0.25, 0.3) is 0 Å². The highest BCUT2D eigenvalue weighted by Gasteiger charge is 2.41. The van der Waals surface area contributed by atoms with Crippen molar-refractivity contribution in [2.24, 2.45) is 0 Å². The highest BCUT2D eigenvalue weighted by Crippen LogP contribution is 2.39.